The Bertz CT molecular complexity index is 894. The van der Waals surface area contributed by atoms with Gasteiger partial charge in [0.05, 0.1) is 24.5 Å². The van der Waals surface area contributed by atoms with Gasteiger partial charge in [0.15, 0.2) is 0 Å². The minimum atomic E-state index is -3.93. The molecule has 0 saturated carbocycles. The number of hydrogen-bond donors (Lipinski definition) is 1. The Hall–Kier alpha value is -2.31. The molecule has 1 N–H and O–H groups in total. The zero-order valence-corrected chi connectivity index (χ0v) is 19.7. The van der Waals surface area contributed by atoms with E-state index in [1.807, 2.05) is 54.6 Å². The highest BCUT2D eigenvalue weighted by Crippen LogP contribution is 2.38. The number of benzene rings is 2. The van der Waals surface area contributed by atoms with Crippen LogP contribution in [-0.2, 0) is 10.1 Å². The standard InChI is InChI=1S/C26H36O5S/c1-2-3-4-5-6-7-8-12-20-30-24-18-15-19-25(26(24)23-16-10-9-11-17-23)31-21-13-14-22-32(27,28)29/h2,9-11,15-19H,1,3-8,12-14,20-22H2,(H,27,28,29). The maximum absolute atomic E-state index is 10.9. The van der Waals surface area contributed by atoms with E-state index in [4.69, 9.17) is 14.0 Å². The molecule has 176 valence electrons. The number of hydrogen-bond acceptors (Lipinski definition) is 4. The largest absolute Gasteiger partial charge is 0.493 e. The van der Waals surface area contributed by atoms with Crippen LogP contribution < -0.4 is 9.47 Å². The normalized spacial score (nSPS) is 11.3. The molecule has 2 aromatic carbocycles. The molecule has 0 spiro atoms. The van der Waals surface area contributed by atoms with Crippen LogP contribution in [0.4, 0.5) is 0 Å². The molecular weight excluding hydrogens is 424 g/mol. The molecule has 0 aliphatic rings. The summed E-state index contributed by atoms with van der Waals surface area (Å²) >= 11 is 0. The third-order valence-electron chi connectivity index (χ3n) is 5.16. The summed E-state index contributed by atoms with van der Waals surface area (Å²) in [7, 11) is -3.93. The fourth-order valence-electron chi connectivity index (χ4n) is 3.49. The lowest BCUT2D eigenvalue weighted by Crippen LogP contribution is -2.07. The van der Waals surface area contributed by atoms with Gasteiger partial charge in [0.2, 0.25) is 0 Å². The van der Waals surface area contributed by atoms with Crippen molar-refractivity contribution >= 4 is 10.1 Å². The van der Waals surface area contributed by atoms with E-state index in [1.165, 1.54) is 25.7 Å². The Labute approximate surface area is 193 Å². The predicted molar refractivity (Wildman–Crippen MR) is 131 cm³/mol. The van der Waals surface area contributed by atoms with Gasteiger partial charge in [0, 0.05) is 0 Å². The van der Waals surface area contributed by atoms with Crippen molar-refractivity contribution in [3.8, 4) is 22.6 Å². The van der Waals surface area contributed by atoms with Crippen molar-refractivity contribution < 1.29 is 22.4 Å². The lowest BCUT2D eigenvalue weighted by molar-refractivity contribution is 0.294. The monoisotopic (exact) mass is 460 g/mol. The van der Waals surface area contributed by atoms with Crippen molar-refractivity contribution in [3.05, 3.63) is 61.2 Å². The molecule has 32 heavy (non-hydrogen) atoms. The lowest BCUT2D eigenvalue weighted by Gasteiger charge is -2.17. The van der Waals surface area contributed by atoms with Crippen LogP contribution in [0.5, 0.6) is 11.5 Å². The van der Waals surface area contributed by atoms with Gasteiger partial charge in [-0.3, -0.25) is 4.55 Å². The first kappa shape index (κ1) is 25.9. The predicted octanol–water partition coefficient (Wildman–Crippen LogP) is 6.70. The van der Waals surface area contributed by atoms with E-state index in [1.54, 1.807) is 0 Å². The van der Waals surface area contributed by atoms with Crippen molar-refractivity contribution in [3.63, 3.8) is 0 Å². The molecule has 0 amide bonds. The molecular formula is C26H36O5S. The van der Waals surface area contributed by atoms with Crippen molar-refractivity contribution in [2.24, 2.45) is 0 Å². The fraction of sp³-hybridized carbons (Fsp3) is 0.462. The third-order valence-corrected chi connectivity index (χ3v) is 5.97. The summed E-state index contributed by atoms with van der Waals surface area (Å²) in [6.45, 7) is 4.78. The molecule has 2 aromatic rings. The van der Waals surface area contributed by atoms with Gasteiger partial charge in [0.1, 0.15) is 11.5 Å². The molecule has 0 radical (unpaired) electrons. The van der Waals surface area contributed by atoms with Gasteiger partial charge in [-0.25, -0.2) is 0 Å². The Morgan fingerprint density at radius 1 is 0.750 bits per heavy atom. The third kappa shape index (κ3) is 10.3. The van der Waals surface area contributed by atoms with E-state index < -0.39 is 10.1 Å². The van der Waals surface area contributed by atoms with E-state index in [2.05, 4.69) is 6.58 Å². The minimum absolute atomic E-state index is 0.251. The molecule has 0 bridgehead atoms. The van der Waals surface area contributed by atoms with Gasteiger partial charge in [-0.15, -0.1) is 6.58 Å². The number of rotatable bonds is 17. The number of ether oxygens (including phenoxy) is 2. The highest BCUT2D eigenvalue weighted by atomic mass is 32.2. The van der Waals surface area contributed by atoms with Crippen LogP contribution in [0.3, 0.4) is 0 Å². The SMILES string of the molecule is C=CCCCCCCCCOc1cccc(OCCCCS(=O)(=O)O)c1-c1ccccc1. The lowest BCUT2D eigenvalue weighted by atomic mass is 10.0. The van der Waals surface area contributed by atoms with Crippen molar-refractivity contribution in [2.75, 3.05) is 19.0 Å². The van der Waals surface area contributed by atoms with Crippen LogP contribution in [0, 0.1) is 0 Å². The maximum Gasteiger partial charge on any atom is 0.264 e. The van der Waals surface area contributed by atoms with Gasteiger partial charge in [-0.2, -0.15) is 8.42 Å². The average molecular weight is 461 g/mol. The van der Waals surface area contributed by atoms with E-state index >= 15 is 0 Å². The molecule has 0 heterocycles. The summed E-state index contributed by atoms with van der Waals surface area (Å²) in [6, 6.07) is 15.8. The number of allylic oxidation sites excluding steroid dienone is 1. The summed E-state index contributed by atoms with van der Waals surface area (Å²) < 4.78 is 42.7. The fourth-order valence-corrected chi connectivity index (χ4v) is 4.06. The second kappa shape index (κ2) is 14.7. The first-order valence-electron chi connectivity index (χ1n) is 11.5. The van der Waals surface area contributed by atoms with Crippen LogP contribution in [0.2, 0.25) is 0 Å². The molecule has 6 heteroatoms. The highest BCUT2D eigenvalue weighted by Gasteiger charge is 2.13. The van der Waals surface area contributed by atoms with E-state index in [0.717, 1.165) is 36.1 Å². The molecule has 0 aromatic heterocycles. The van der Waals surface area contributed by atoms with Crippen molar-refractivity contribution in [1.82, 2.24) is 0 Å². The Balaban J connectivity index is 1.92. The van der Waals surface area contributed by atoms with Crippen molar-refractivity contribution in [1.29, 1.82) is 0 Å². The van der Waals surface area contributed by atoms with E-state index in [9.17, 15) is 8.42 Å². The van der Waals surface area contributed by atoms with Crippen LogP contribution in [-0.4, -0.2) is 31.9 Å². The number of unbranched alkanes of at least 4 members (excludes halogenated alkanes) is 7. The molecule has 5 nitrogen and oxygen atoms in total. The maximum atomic E-state index is 10.9. The van der Waals surface area contributed by atoms with Crippen LogP contribution in [0.25, 0.3) is 11.1 Å². The molecule has 2 rings (SSSR count). The van der Waals surface area contributed by atoms with Gasteiger partial charge < -0.3 is 9.47 Å². The zero-order valence-electron chi connectivity index (χ0n) is 18.9. The van der Waals surface area contributed by atoms with Crippen molar-refractivity contribution in [2.45, 2.75) is 57.8 Å². The molecule has 0 saturated heterocycles. The second-order valence-electron chi connectivity index (χ2n) is 7.88. The molecule has 0 aliphatic carbocycles. The first-order valence-corrected chi connectivity index (χ1v) is 13.1. The summed E-state index contributed by atoms with van der Waals surface area (Å²) in [6.07, 6.45) is 11.1. The first-order chi connectivity index (χ1) is 15.5. The van der Waals surface area contributed by atoms with Crippen LogP contribution in [0.15, 0.2) is 61.2 Å². The molecule has 0 fully saturated rings. The summed E-state index contributed by atoms with van der Waals surface area (Å²) in [5.41, 5.74) is 1.92. The van der Waals surface area contributed by atoms with Gasteiger partial charge in [-0.1, -0.05) is 68.2 Å². The second-order valence-corrected chi connectivity index (χ2v) is 9.46. The van der Waals surface area contributed by atoms with E-state index in [-0.39, 0.29) is 5.75 Å². The van der Waals surface area contributed by atoms with Crippen LogP contribution in [0.1, 0.15) is 57.8 Å². The minimum Gasteiger partial charge on any atom is -0.493 e. The Kier molecular flexibility index (Phi) is 11.9. The topological polar surface area (TPSA) is 72.8 Å². The molecule has 0 unspecified atom stereocenters. The smallest absolute Gasteiger partial charge is 0.264 e. The average Bonchev–Trinajstić information content (AvgIpc) is 2.77. The van der Waals surface area contributed by atoms with Gasteiger partial charge in [-0.05, 0) is 49.8 Å². The highest BCUT2D eigenvalue weighted by molar-refractivity contribution is 7.85. The summed E-state index contributed by atoms with van der Waals surface area (Å²) in [4.78, 5) is 0. The molecule has 0 atom stereocenters. The molecule has 0 aliphatic heterocycles. The Morgan fingerprint density at radius 2 is 1.31 bits per heavy atom. The zero-order chi connectivity index (χ0) is 23.1. The summed E-state index contributed by atoms with van der Waals surface area (Å²) in [5.74, 6) is 1.25. The van der Waals surface area contributed by atoms with E-state index in [0.29, 0.717) is 31.8 Å². The van der Waals surface area contributed by atoms with Crippen LogP contribution >= 0.6 is 0 Å². The summed E-state index contributed by atoms with van der Waals surface area (Å²) in [5, 5.41) is 0. The Morgan fingerprint density at radius 3 is 1.91 bits per heavy atom. The quantitative estimate of drug-likeness (QED) is 0.162. The van der Waals surface area contributed by atoms with Gasteiger partial charge in [0.25, 0.3) is 10.1 Å². The van der Waals surface area contributed by atoms with Gasteiger partial charge >= 0.3 is 0 Å².